The number of methoxy groups -OCH3 is 3. The fourth-order valence-corrected chi connectivity index (χ4v) is 4.35. The first-order valence-corrected chi connectivity index (χ1v) is 15.8. The molecule has 2 N–H and O–H groups in total. The Morgan fingerprint density at radius 2 is 1.40 bits per heavy atom. The number of esters is 3. The fraction of sp³-hybridized carbons (Fsp3) is 0.486. The molecule has 0 spiro atoms. The number of ether oxygens (including phenoxy) is 4. The van der Waals surface area contributed by atoms with Gasteiger partial charge in [-0.25, -0.2) is 19.4 Å². The highest BCUT2D eigenvalue weighted by atomic mass is 16.6. The van der Waals surface area contributed by atoms with Crippen LogP contribution < -0.4 is 4.74 Å². The number of hydrogen-bond acceptors (Lipinski definition) is 13. The number of aromatic nitrogens is 3. The molecule has 3 aromatic heterocycles. The number of aromatic hydroxyl groups is 2. The molecule has 0 radical (unpaired) electrons. The topological polar surface area (TPSA) is 180 Å². The molecule has 13 heteroatoms. The lowest BCUT2D eigenvalue weighted by molar-refractivity contribution is -0.134. The SMILES string of the molecule is C=CC(=O)OC.CCOc1oc(C2CC2)nc1C.COC(=O)c1cc(C2CC2)nc(C)c1O.COC(=O)c1cc(O)c(C)nc1C1CC1. The second-order valence-corrected chi connectivity index (χ2v) is 11.4. The Kier molecular flexibility index (Phi) is 13.5. The maximum Gasteiger partial charge on any atom is 0.341 e. The van der Waals surface area contributed by atoms with E-state index in [-0.39, 0.29) is 17.1 Å². The summed E-state index contributed by atoms with van der Waals surface area (Å²) in [6.45, 7) is 11.1. The van der Waals surface area contributed by atoms with E-state index in [4.69, 9.17) is 9.15 Å². The van der Waals surface area contributed by atoms with Gasteiger partial charge in [0, 0.05) is 29.5 Å². The number of pyridine rings is 2. The van der Waals surface area contributed by atoms with Crippen LogP contribution in [0.15, 0.2) is 29.2 Å². The first-order chi connectivity index (χ1) is 22.9. The number of oxazole rings is 1. The van der Waals surface area contributed by atoms with Gasteiger partial charge in [0.1, 0.15) is 17.0 Å². The van der Waals surface area contributed by atoms with E-state index in [9.17, 15) is 24.6 Å². The molecule has 48 heavy (non-hydrogen) atoms. The van der Waals surface area contributed by atoms with Crippen LogP contribution in [0.25, 0.3) is 0 Å². The molecular weight excluding hydrogens is 622 g/mol. The van der Waals surface area contributed by atoms with E-state index in [2.05, 4.69) is 35.7 Å². The van der Waals surface area contributed by atoms with Gasteiger partial charge in [0.15, 0.2) is 5.75 Å². The first-order valence-electron chi connectivity index (χ1n) is 15.8. The predicted molar refractivity (Wildman–Crippen MR) is 175 cm³/mol. The number of nitrogens with zero attached hydrogens (tertiary/aromatic N) is 3. The van der Waals surface area contributed by atoms with Crippen molar-refractivity contribution in [3.05, 3.63) is 70.3 Å². The van der Waals surface area contributed by atoms with Gasteiger partial charge in [0.05, 0.1) is 50.6 Å². The second-order valence-electron chi connectivity index (χ2n) is 11.4. The molecule has 3 saturated carbocycles. The van der Waals surface area contributed by atoms with Gasteiger partial charge in [-0.3, -0.25) is 9.97 Å². The largest absolute Gasteiger partial charge is 0.506 e. The third-order valence-corrected chi connectivity index (χ3v) is 7.51. The third-order valence-electron chi connectivity index (χ3n) is 7.51. The van der Waals surface area contributed by atoms with Crippen molar-refractivity contribution in [1.29, 1.82) is 0 Å². The van der Waals surface area contributed by atoms with Gasteiger partial charge in [-0.1, -0.05) is 6.58 Å². The van der Waals surface area contributed by atoms with Crippen molar-refractivity contribution in [3.63, 3.8) is 0 Å². The maximum absolute atomic E-state index is 11.5. The van der Waals surface area contributed by atoms with Crippen LogP contribution in [0, 0.1) is 20.8 Å². The zero-order valence-electron chi connectivity index (χ0n) is 28.6. The summed E-state index contributed by atoms with van der Waals surface area (Å²) in [4.78, 5) is 45.5. The van der Waals surface area contributed by atoms with Gasteiger partial charge in [-0.2, -0.15) is 0 Å². The summed E-state index contributed by atoms with van der Waals surface area (Å²) in [6, 6.07) is 3.08. The quantitative estimate of drug-likeness (QED) is 0.159. The molecule has 3 aromatic rings. The summed E-state index contributed by atoms with van der Waals surface area (Å²) in [6.07, 6.45) is 7.87. The molecule has 260 valence electrons. The Morgan fingerprint density at radius 3 is 1.88 bits per heavy atom. The number of hydrogen-bond donors (Lipinski definition) is 2. The second kappa shape index (κ2) is 17.3. The zero-order chi connectivity index (χ0) is 35.5. The lowest BCUT2D eigenvalue weighted by Gasteiger charge is -2.08. The Bertz CT molecular complexity index is 1600. The summed E-state index contributed by atoms with van der Waals surface area (Å²) < 4.78 is 24.1. The van der Waals surface area contributed by atoms with Gasteiger partial charge >= 0.3 is 23.9 Å². The van der Waals surface area contributed by atoms with Crippen LogP contribution in [0.1, 0.15) is 118 Å². The van der Waals surface area contributed by atoms with Crippen molar-refractivity contribution >= 4 is 17.9 Å². The van der Waals surface area contributed by atoms with Crippen molar-refractivity contribution in [2.24, 2.45) is 0 Å². The highest BCUT2D eigenvalue weighted by Gasteiger charge is 2.31. The molecule has 3 fully saturated rings. The van der Waals surface area contributed by atoms with Crippen LogP contribution in [0.2, 0.25) is 0 Å². The minimum atomic E-state index is -0.514. The highest BCUT2D eigenvalue weighted by Crippen LogP contribution is 2.43. The number of carbonyl (C=O) groups is 3. The minimum Gasteiger partial charge on any atom is -0.506 e. The Labute approximate surface area is 280 Å². The smallest absolute Gasteiger partial charge is 0.341 e. The molecule has 0 atom stereocenters. The van der Waals surface area contributed by atoms with Crippen LogP contribution in [0.4, 0.5) is 0 Å². The summed E-state index contributed by atoms with van der Waals surface area (Å²) in [5, 5.41) is 19.2. The van der Waals surface area contributed by atoms with Crippen LogP contribution in [0.3, 0.4) is 0 Å². The van der Waals surface area contributed by atoms with E-state index >= 15 is 0 Å². The molecular formula is C35H45N3O10. The molecule has 0 bridgehead atoms. The summed E-state index contributed by atoms with van der Waals surface area (Å²) in [7, 11) is 3.94. The van der Waals surface area contributed by atoms with Crippen molar-refractivity contribution in [3.8, 4) is 17.4 Å². The Balaban J connectivity index is 0.000000181. The summed E-state index contributed by atoms with van der Waals surface area (Å²) in [5.74, 6) is 1.46. The molecule has 3 aliphatic carbocycles. The number of rotatable bonds is 8. The normalized spacial score (nSPS) is 14.4. The molecule has 6 rings (SSSR count). The van der Waals surface area contributed by atoms with E-state index in [0.717, 1.165) is 54.7 Å². The third kappa shape index (κ3) is 10.5. The Morgan fingerprint density at radius 1 is 0.812 bits per heavy atom. The number of aryl methyl sites for hydroxylation is 3. The molecule has 0 unspecified atom stereocenters. The van der Waals surface area contributed by atoms with Gasteiger partial charge in [0.2, 0.25) is 5.89 Å². The lowest BCUT2D eigenvalue weighted by atomic mass is 10.1. The highest BCUT2D eigenvalue weighted by molar-refractivity contribution is 5.93. The van der Waals surface area contributed by atoms with Crippen molar-refractivity contribution in [2.45, 2.75) is 84.0 Å². The predicted octanol–water partition coefficient (Wildman–Crippen LogP) is 6.12. The van der Waals surface area contributed by atoms with Gasteiger partial charge in [-0.15, -0.1) is 0 Å². The molecule has 0 amide bonds. The van der Waals surface area contributed by atoms with Crippen molar-refractivity contribution in [2.75, 3.05) is 27.9 Å². The standard InChI is InChI=1S/2C11H13NO3.C9H13NO2.C4H6O2/c1-6-10(13)8(11(14)15-2)5-9(12-6)7-3-4-7;1-6-9(13)5-8(11(14)15-2)10(12-6)7-3-4-7;1-3-11-9-6(2)10-8(12-9)7-4-5-7;1-3-4(5)6-2/h2*5,7,13H,3-4H2,1-2H3;7H,3-5H2,1-2H3;3H,1H2,2H3. The van der Waals surface area contributed by atoms with E-state index in [0.29, 0.717) is 47.3 Å². The molecule has 3 aliphatic rings. The molecule has 0 saturated heterocycles. The molecule has 0 aliphatic heterocycles. The van der Waals surface area contributed by atoms with E-state index < -0.39 is 17.9 Å². The average molecular weight is 668 g/mol. The van der Waals surface area contributed by atoms with Crippen molar-refractivity contribution < 1.29 is 48.0 Å². The van der Waals surface area contributed by atoms with E-state index in [1.165, 1.54) is 40.2 Å². The van der Waals surface area contributed by atoms with E-state index in [1.807, 2.05) is 13.8 Å². The van der Waals surface area contributed by atoms with Gasteiger partial charge in [0.25, 0.3) is 0 Å². The van der Waals surface area contributed by atoms with Crippen LogP contribution in [-0.2, 0) is 19.0 Å². The van der Waals surface area contributed by atoms with Crippen LogP contribution in [0.5, 0.6) is 17.4 Å². The summed E-state index contributed by atoms with van der Waals surface area (Å²) >= 11 is 0. The monoisotopic (exact) mass is 667 g/mol. The first kappa shape index (κ1) is 37.5. The molecule has 3 heterocycles. The van der Waals surface area contributed by atoms with Gasteiger partial charge < -0.3 is 33.6 Å². The van der Waals surface area contributed by atoms with Gasteiger partial charge in [-0.05, 0) is 78.4 Å². The lowest BCUT2D eigenvalue weighted by Crippen LogP contribution is -2.07. The zero-order valence-corrected chi connectivity index (χ0v) is 28.6. The van der Waals surface area contributed by atoms with Crippen molar-refractivity contribution in [1.82, 2.24) is 15.0 Å². The fourth-order valence-electron chi connectivity index (χ4n) is 4.35. The Hall–Kier alpha value is -4.94. The minimum absolute atomic E-state index is 0.0415. The average Bonchev–Trinajstić information content (AvgIpc) is 3.94. The maximum atomic E-state index is 11.5. The molecule has 0 aromatic carbocycles. The number of carbonyl (C=O) groups excluding carboxylic acids is 3. The van der Waals surface area contributed by atoms with Crippen LogP contribution in [-0.4, -0.2) is 71.0 Å². The molecule has 13 nitrogen and oxygen atoms in total. The summed E-state index contributed by atoms with van der Waals surface area (Å²) in [5.41, 5.74) is 4.17. The van der Waals surface area contributed by atoms with Crippen LogP contribution >= 0.6 is 0 Å². The van der Waals surface area contributed by atoms with E-state index in [1.54, 1.807) is 19.9 Å².